The topological polar surface area (TPSA) is 23.6 Å². The second-order valence-corrected chi connectivity index (χ2v) is 7.97. The lowest BCUT2D eigenvalue weighted by Crippen LogP contribution is -2.48. The molecule has 0 saturated carbocycles. The molecule has 1 saturated heterocycles. The van der Waals surface area contributed by atoms with E-state index in [4.69, 9.17) is 0 Å². The number of halogens is 1. The van der Waals surface area contributed by atoms with E-state index in [-0.39, 0.29) is 17.1 Å². The molecule has 0 N–H and O–H groups in total. The highest BCUT2D eigenvalue weighted by Crippen LogP contribution is 2.23. The summed E-state index contributed by atoms with van der Waals surface area (Å²) >= 11 is 0. The van der Waals surface area contributed by atoms with Gasteiger partial charge < -0.3 is 9.80 Å². The van der Waals surface area contributed by atoms with Crippen LogP contribution in [0.25, 0.3) is 6.08 Å². The zero-order valence-corrected chi connectivity index (χ0v) is 16.3. The van der Waals surface area contributed by atoms with Crippen molar-refractivity contribution in [1.29, 1.82) is 0 Å². The van der Waals surface area contributed by atoms with Crippen molar-refractivity contribution in [2.45, 2.75) is 26.2 Å². The van der Waals surface area contributed by atoms with Crippen LogP contribution in [0.1, 0.15) is 31.9 Å². The van der Waals surface area contributed by atoms with Gasteiger partial charge in [0.2, 0.25) is 5.91 Å². The number of amides is 1. The van der Waals surface area contributed by atoms with Crippen LogP contribution >= 0.6 is 0 Å². The molecule has 3 nitrogen and oxygen atoms in total. The van der Waals surface area contributed by atoms with E-state index in [9.17, 15) is 9.18 Å². The number of nitrogens with zero attached hydrogens (tertiary/aromatic N) is 2. The van der Waals surface area contributed by atoms with Gasteiger partial charge in [-0.15, -0.1) is 0 Å². The predicted octanol–water partition coefficient (Wildman–Crippen LogP) is 4.49. The summed E-state index contributed by atoms with van der Waals surface area (Å²) in [6, 6.07) is 15.1. The smallest absolute Gasteiger partial charge is 0.246 e. The quantitative estimate of drug-likeness (QED) is 0.748. The Bertz CT molecular complexity index is 813. The average molecular weight is 366 g/mol. The molecule has 1 aliphatic rings. The Hall–Kier alpha value is -2.62. The molecule has 2 aromatic carbocycles. The summed E-state index contributed by atoms with van der Waals surface area (Å²) < 4.78 is 13.9. The van der Waals surface area contributed by atoms with Gasteiger partial charge in [-0.05, 0) is 34.8 Å². The Kier molecular flexibility index (Phi) is 5.64. The Labute approximate surface area is 161 Å². The fourth-order valence-corrected chi connectivity index (χ4v) is 3.24. The molecule has 0 unspecified atom stereocenters. The van der Waals surface area contributed by atoms with Crippen LogP contribution in [0, 0.1) is 5.82 Å². The lowest BCUT2D eigenvalue weighted by atomic mass is 9.87. The van der Waals surface area contributed by atoms with E-state index in [1.165, 1.54) is 11.6 Å². The van der Waals surface area contributed by atoms with Gasteiger partial charge in [0, 0.05) is 32.3 Å². The van der Waals surface area contributed by atoms with E-state index in [1.54, 1.807) is 18.2 Å². The molecular formula is C23H27FN2O. The molecule has 1 fully saturated rings. The number of carbonyl (C=O) groups is 1. The lowest BCUT2D eigenvalue weighted by Gasteiger charge is -2.35. The third kappa shape index (κ3) is 4.76. The van der Waals surface area contributed by atoms with Crippen LogP contribution in [0.5, 0.6) is 0 Å². The molecule has 0 aliphatic carbocycles. The van der Waals surface area contributed by atoms with Crippen molar-refractivity contribution in [3.05, 3.63) is 71.6 Å². The van der Waals surface area contributed by atoms with Gasteiger partial charge in [-0.25, -0.2) is 4.39 Å². The van der Waals surface area contributed by atoms with Crippen molar-refractivity contribution in [3.8, 4) is 0 Å². The second kappa shape index (κ2) is 7.95. The molecule has 3 rings (SSSR count). The molecule has 0 aromatic heterocycles. The van der Waals surface area contributed by atoms with Crippen molar-refractivity contribution in [2.24, 2.45) is 0 Å². The van der Waals surface area contributed by atoms with E-state index in [1.807, 2.05) is 34.1 Å². The summed E-state index contributed by atoms with van der Waals surface area (Å²) in [5.41, 5.74) is 3.02. The van der Waals surface area contributed by atoms with Crippen LogP contribution in [-0.2, 0) is 10.2 Å². The lowest BCUT2D eigenvalue weighted by molar-refractivity contribution is -0.126. The zero-order valence-electron chi connectivity index (χ0n) is 16.3. The first-order chi connectivity index (χ1) is 12.8. The molecule has 1 heterocycles. The Morgan fingerprint density at radius 3 is 2.19 bits per heavy atom. The molecule has 0 atom stereocenters. The van der Waals surface area contributed by atoms with Crippen molar-refractivity contribution < 1.29 is 9.18 Å². The summed E-state index contributed by atoms with van der Waals surface area (Å²) in [5, 5.41) is 0. The molecule has 2 aromatic rings. The summed E-state index contributed by atoms with van der Waals surface area (Å²) in [6.45, 7) is 9.02. The van der Waals surface area contributed by atoms with E-state index in [0.717, 1.165) is 5.56 Å². The van der Waals surface area contributed by atoms with Gasteiger partial charge in [0.05, 0.1) is 5.69 Å². The maximum absolute atomic E-state index is 13.9. The number of rotatable bonds is 3. The number of hydrogen-bond acceptors (Lipinski definition) is 2. The van der Waals surface area contributed by atoms with Gasteiger partial charge >= 0.3 is 0 Å². The molecule has 1 aliphatic heterocycles. The van der Waals surface area contributed by atoms with E-state index in [0.29, 0.717) is 31.9 Å². The van der Waals surface area contributed by atoms with E-state index >= 15 is 0 Å². The maximum Gasteiger partial charge on any atom is 0.246 e. The van der Waals surface area contributed by atoms with Gasteiger partial charge in [0.1, 0.15) is 5.82 Å². The molecule has 142 valence electrons. The fourth-order valence-electron chi connectivity index (χ4n) is 3.24. The van der Waals surface area contributed by atoms with Crippen molar-refractivity contribution in [1.82, 2.24) is 4.90 Å². The summed E-state index contributed by atoms with van der Waals surface area (Å²) in [7, 11) is 0. The number of anilines is 1. The minimum absolute atomic E-state index is 0.00285. The first-order valence-electron chi connectivity index (χ1n) is 9.41. The third-order valence-corrected chi connectivity index (χ3v) is 4.98. The molecule has 0 radical (unpaired) electrons. The highest BCUT2D eigenvalue weighted by Gasteiger charge is 2.21. The Morgan fingerprint density at radius 2 is 1.59 bits per heavy atom. The van der Waals surface area contributed by atoms with Crippen LogP contribution in [0.2, 0.25) is 0 Å². The highest BCUT2D eigenvalue weighted by molar-refractivity contribution is 5.92. The van der Waals surface area contributed by atoms with Gasteiger partial charge in [0.25, 0.3) is 0 Å². The number of piperazine rings is 1. The van der Waals surface area contributed by atoms with Gasteiger partial charge in [-0.3, -0.25) is 4.79 Å². The minimum atomic E-state index is -0.212. The number of benzene rings is 2. The van der Waals surface area contributed by atoms with Crippen molar-refractivity contribution >= 4 is 17.7 Å². The van der Waals surface area contributed by atoms with Crippen LogP contribution in [0.3, 0.4) is 0 Å². The maximum atomic E-state index is 13.9. The predicted molar refractivity (Wildman–Crippen MR) is 109 cm³/mol. The molecular weight excluding hydrogens is 339 g/mol. The van der Waals surface area contributed by atoms with Crippen LogP contribution < -0.4 is 4.90 Å². The van der Waals surface area contributed by atoms with Crippen LogP contribution in [-0.4, -0.2) is 37.0 Å². The number of para-hydroxylation sites is 1. The zero-order chi connectivity index (χ0) is 19.4. The van der Waals surface area contributed by atoms with E-state index < -0.39 is 0 Å². The highest BCUT2D eigenvalue weighted by atomic mass is 19.1. The molecule has 4 heteroatoms. The molecule has 27 heavy (non-hydrogen) atoms. The number of carbonyl (C=O) groups excluding carboxylic acids is 1. The Morgan fingerprint density at radius 1 is 0.963 bits per heavy atom. The standard InChI is InChI=1S/C23H27FN2O/c1-23(2,3)19-11-8-18(9-12-19)10-13-22(27)26-16-14-25(15-17-26)21-7-5-4-6-20(21)24/h4-13H,14-17H2,1-3H3/b13-10+. The molecule has 0 spiro atoms. The summed E-state index contributed by atoms with van der Waals surface area (Å²) in [4.78, 5) is 16.3. The summed E-state index contributed by atoms with van der Waals surface area (Å²) in [5.74, 6) is -0.209. The van der Waals surface area contributed by atoms with Crippen LogP contribution in [0.4, 0.5) is 10.1 Å². The van der Waals surface area contributed by atoms with Crippen LogP contribution in [0.15, 0.2) is 54.6 Å². The van der Waals surface area contributed by atoms with Gasteiger partial charge in [0.15, 0.2) is 0 Å². The minimum Gasteiger partial charge on any atom is -0.366 e. The first-order valence-corrected chi connectivity index (χ1v) is 9.41. The Balaban J connectivity index is 1.56. The summed E-state index contributed by atoms with van der Waals surface area (Å²) in [6.07, 6.45) is 3.49. The van der Waals surface area contributed by atoms with Crippen molar-refractivity contribution in [2.75, 3.05) is 31.1 Å². The molecule has 0 bridgehead atoms. The average Bonchev–Trinajstić information content (AvgIpc) is 2.66. The first kappa shape index (κ1) is 19.2. The SMILES string of the molecule is CC(C)(C)c1ccc(/C=C/C(=O)N2CCN(c3ccccc3F)CC2)cc1. The van der Waals surface area contributed by atoms with Crippen molar-refractivity contribution in [3.63, 3.8) is 0 Å². The molecule has 1 amide bonds. The largest absolute Gasteiger partial charge is 0.366 e. The van der Waals surface area contributed by atoms with E-state index in [2.05, 4.69) is 32.9 Å². The normalized spacial score (nSPS) is 15.4. The van der Waals surface area contributed by atoms with Gasteiger partial charge in [-0.2, -0.15) is 0 Å². The number of hydrogen-bond donors (Lipinski definition) is 0. The van der Waals surface area contributed by atoms with Gasteiger partial charge in [-0.1, -0.05) is 57.2 Å². The monoisotopic (exact) mass is 366 g/mol. The fraction of sp³-hybridized carbons (Fsp3) is 0.348. The third-order valence-electron chi connectivity index (χ3n) is 4.98. The second-order valence-electron chi connectivity index (χ2n) is 7.97.